The lowest BCUT2D eigenvalue weighted by Crippen LogP contribution is -2.42. The number of hydrogen-bond acceptors (Lipinski definition) is 5. The fraction of sp³-hybridized carbons (Fsp3) is 0.684. The molecule has 3 amide bonds. The molecular weight excluding hydrogens is 348 g/mol. The number of ether oxygens (including phenoxy) is 1. The predicted molar refractivity (Wildman–Crippen MR) is 97.9 cm³/mol. The third kappa shape index (κ3) is 5.08. The van der Waals surface area contributed by atoms with Crippen molar-refractivity contribution in [3.63, 3.8) is 0 Å². The first kappa shape index (κ1) is 19.4. The molecule has 2 aliphatic heterocycles. The summed E-state index contributed by atoms with van der Waals surface area (Å²) in [5, 5.41) is 6.85. The highest BCUT2D eigenvalue weighted by Gasteiger charge is 2.29. The van der Waals surface area contributed by atoms with Crippen molar-refractivity contribution in [2.75, 3.05) is 13.1 Å². The quantitative estimate of drug-likeness (QED) is 0.815. The lowest BCUT2D eigenvalue weighted by atomic mass is 9.92. The van der Waals surface area contributed by atoms with Crippen LogP contribution in [0.3, 0.4) is 0 Å². The van der Waals surface area contributed by atoms with E-state index in [1.165, 1.54) is 0 Å². The van der Waals surface area contributed by atoms with Crippen LogP contribution in [0.5, 0.6) is 0 Å². The zero-order chi connectivity index (χ0) is 19.6. The Hall–Kier alpha value is -2.38. The molecule has 0 radical (unpaired) electrons. The third-order valence-electron chi connectivity index (χ3n) is 4.98. The van der Waals surface area contributed by atoms with Crippen LogP contribution in [0, 0.1) is 5.92 Å². The molecule has 0 saturated carbocycles. The fourth-order valence-corrected chi connectivity index (χ4v) is 3.54. The van der Waals surface area contributed by atoms with E-state index in [1.807, 2.05) is 31.6 Å². The van der Waals surface area contributed by atoms with Crippen LogP contribution in [0.15, 0.2) is 12.4 Å². The van der Waals surface area contributed by atoms with Crippen molar-refractivity contribution in [1.82, 2.24) is 20.0 Å². The van der Waals surface area contributed by atoms with E-state index < -0.39 is 5.60 Å². The summed E-state index contributed by atoms with van der Waals surface area (Å²) in [7, 11) is 0. The molecule has 3 heterocycles. The molecule has 0 aliphatic carbocycles. The van der Waals surface area contributed by atoms with Crippen LogP contribution in [-0.2, 0) is 20.7 Å². The molecule has 0 spiro atoms. The molecule has 1 atom stereocenters. The SMILES string of the molecule is CC(C)(C)OC(=O)N1CCC(n2cc(CC3CCC(=O)NC3=O)cn2)CC1. The van der Waals surface area contributed by atoms with Crippen LogP contribution in [0.4, 0.5) is 4.79 Å². The van der Waals surface area contributed by atoms with Gasteiger partial charge in [0.15, 0.2) is 0 Å². The van der Waals surface area contributed by atoms with Crippen LogP contribution < -0.4 is 5.32 Å². The summed E-state index contributed by atoms with van der Waals surface area (Å²) in [6.45, 7) is 6.88. The summed E-state index contributed by atoms with van der Waals surface area (Å²) in [4.78, 5) is 37.1. The van der Waals surface area contributed by atoms with Gasteiger partial charge in [0.05, 0.1) is 12.2 Å². The van der Waals surface area contributed by atoms with Crippen LogP contribution in [0.1, 0.15) is 58.1 Å². The van der Waals surface area contributed by atoms with Gasteiger partial charge in [-0.05, 0) is 52.0 Å². The van der Waals surface area contributed by atoms with Gasteiger partial charge in [-0.15, -0.1) is 0 Å². The number of imide groups is 1. The van der Waals surface area contributed by atoms with E-state index in [0.717, 1.165) is 18.4 Å². The molecular formula is C19H28N4O4. The maximum atomic E-state index is 12.2. The van der Waals surface area contributed by atoms with Crippen LogP contribution in [-0.4, -0.2) is 51.3 Å². The minimum Gasteiger partial charge on any atom is -0.444 e. The van der Waals surface area contributed by atoms with Gasteiger partial charge in [-0.3, -0.25) is 19.6 Å². The number of carbonyl (C=O) groups is 3. The van der Waals surface area contributed by atoms with Crippen molar-refractivity contribution in [3.05, 3.63) is 18.0 Å². The lowest BCUT2D eigenvalue weighted by molar-refractivity contribution is -0.136. The van der Waals surface area contributed by atoms with Gasteiger partial charge in [0.25, 0.3) is 0 Å². The summed E-state index contributed by atoms with van der Waals surface area (Å²) in [5.41, 5.74) is 0.514. The highest BCUT2D eigenvalue weighted by atomic mass is 16.6. The Labute approximate surface area is 159 Å². The highest BCUT2D eigenvalue weighted by Crippen LogP contribution is 2.25. The lowest BCUT2D eigenvalue weighted by Gasteiger charge is -2.33. The van der Waals surface area contributed by atoms with E-state index >= 15 is 0 Å². The average Bonchev–Trinajstić information content (AvgIpc) is 3.05. The Kier molecular flexibility index (Phi) is 5.53. The summed E-state index contributed by atoms with van der Waals surface area (Å²) in [5.74, 6) is -0.553. The summed E-state index contributed by atoms with van der Waals surface area (Å²) in [6, 6.07) is 0.235. The number of piperidine rings is 2. The molecule has 8 nitrogen and oxygen atoms in total. The van der Waals surface area contributed by atoms with E-state index in [2.05, 4.69) is 10.4 Å². The Balaban J connectivity index is 1.52. The minimum absolute atomic E-state index is 0.172. The van der Waals surface area contributed by atoms with Crippen molar-refractivity contribution >= 4 is 17.9 Å². The van der Waals surface area contributed by atoms with Crippen LogP contribution in [0.2, 0.25) is 0 Å². The molecule has 1 N–H and O–H groups in total. The second-order valence-corrected chi connectivity index (χ2v) is 8.38. The second-order valence-electron chi connectivity index (χ2n) is 8.38. The Bertz CT molecular complexity index is 714. The number of rotatable bonds is 3. The average molecular weight is 376 g/mol. The predicted octanol–water partition coefficient (Wildman–Crippen LogP) is 2.05. The van der Waals surface area contributed by atoms with Gasteiger partial charge in [0.2, 0.25) is 11.8 Å². The number of aromatic nitrogens is 2. The molecule has 0 bridgehead atoms. The molecule has 148 valence electrons. The number of likely N-dealkylation sites (tertiary alicyclic amines) is 1. The van der Waals surface area contributed by atoms with E-state index in [9.17, 15) is 14.4 Å². The largest absolute Gasteiger partial charge is 0.444 e. The van der Waals surface area contributed by atoms with Crippen molar-refractivity contribution in [2.24, 2.45) is 5.92 Å². The molecule has 1 unspecified atom stereocenters. The van der Waals surface area contributed by atoms with E-state index in [0.29, 0.717) is 32.4 Å². The van der Waals surface area contributed by atoms with E-state index in [4.69, 9.17) is 4.74 Å². The summed E-state index contributed by atoms with van der Waals surface area (Å²) in [6.07, 6.45) is 6.73. The van der Waals surface area contributed by atoms with Gasteiger partial charge in [-0.25, -0.2) is 4.79 Å². The first-order chi connectivity index (χ1) is 12.7. The monoisotopic (exact) mass is 376 g/mol. The first-order valence-electron chi connectivity index (χ1n) is 9.56. The molecule has 2 saturated heterocycles. The van der Waals surface area contributed by atoms with Crippen LogP contribution in [0.25, 0.3) is 0 Å². The van der Waals surface area contributed by atoms with Gasteiger partial charge in [-0.1, -0.05) is 0 Å². The number of nitrogens with one attached hydrogen (secondary N) is 1. The summed E-state index contributed by atoms with van der Waals surface area (Å²) >= 11 is 0. The maximum absolute atomic E-state index is 12.2. The van der Waals surface area contributed by atoms with Gasteiger partial charge in [0.1, 0.15) is 5.60 Å². The zero-order valence-electron chi connectivity index (χ0n) is 16.2. The third-order valence-corrected chi connectivity index (χ3v) is 4.98. The van der Waals surface area contributed by atoms with Crippen molar-refractivity contribution in [2.45, 2.75) is 64.5 Å². The number of amides is 3. The fourth-order valence-electron chi connectivity index (χ4n) is 3.54. The van der Waals surface area contributed by atoms with Crippen molar-refractivity contribution in [1.29, 1.82) is 0 Å². The van der Waals surface area contributed by atoms with E-state index in [1.54, 1.807) is 11.1 Å². The molecule has 3 rings (SSSR count). The van der Waals surface area contributed by atoms with Crippen molar-refractivity contribution in [3.8, 4) is 0 Å². The molecule has 2 fully saturated rings. The maximum Gasteiger partial charge on any atom is 0.410 e. The molecule has 2 aliphatic rings. The van der Waals surface area contributed by atoms with Crippen molar-refractivity contribution < 1.29 is 19.1 Å². The topological polar surface area (TPSA) is 93.5 Å². The first-order valence-corrected chi connectivity index (χ1v) is 9.56. The smallest absolute Gasteiger partial charge is 0.410 e. The Morgan fingerprint density at radius 2 is 1.96 bits per heavy atom. The molecule has 27 heavy (non-hydrogen) atoms. The Morgan fingerprint density at radius 3 is 2.59 bits per heavy atom. The number of hydrogen-bond donors (Lipinski definition) is 1. The van der Waals surface area contributed by atoms with Crippen LogP contribution >= 0.6 is 0 Å². The van der Waals surface area contributed by atoms with E-state index in [-0.39, 0.29) is 29.9 Å². The molecule has 1 aromatic rings. The minimum atomic E-state index is -0.485. The van der Waals surface area contributed by atoms with Gasteiger partial charge in [0, 0.05) is 31.6 Å². The molecule has 1 aromatic heterocycles. The normalized spacial score (nSPS) is 21.9. The molecule has 0 aromatic carbocycles. The number of carbonyl (C=O) groups excluding carboxylic acids is 3. The van der Waals surface area contributed by atoms with Gasteiger partial charge < -0.3 is 9.64 Å². The Morgan fingerprint density at radius 1 is 1.26 bits per heavy atom. The van der Waals surface area contributed by atoms with Gasteiger partial charge in [-0.2, -0.15) is 5.10 Å². The van der Waals surface area contributed by atoms with Gasteiger partial charge >= 0.3 is 6.09 Å². The standard InChI is InChI=1S/C19H28N4O4/c1-19(2,3)27-18(26)22-8-6-15(7-9-22)23-12-13(11-20-23)10-14-4-5-16(24)21-17(14)25/h11-12,14-15H,4-10H2,1-3H3,(H,21,24,25). The summed E-state index contributed by atoms with van der Waals surface area (Å²) < 4.78 is 7.37. The zero-order valence-corrected chi connectivity index (χ0v) is 16.2. The number of nitrogens with zero attached hydrogens (tertiary/aromatic N) is 3. The molecule has 8 heteroatoms. The second kappa shape index (κ2) is 7.70. The highest BCUT2D eigenvalue weighted by molar-refractivity contribution is 5.98.